The van der Waals surface area contributed by atoms with Crippen molar-refractivity contribution in [2.75, 3.05) is 6.61 Å². The van der Waals surface area contributed by atoms with E-state index in [4.69, 9.17) is 26.1 Å². The fourth-order valence-electron chi connectivity index (χ4n) is 4.97. The highest BCUT2D eigenvalue weighted by Crippen LogP contribution is 2.36. The van der Waals surface area contributed by atoms with Crippen LogP contribution >= 0.6 is 43.5 Å². The zero-order valence-electron chi connectivity index (χ0n) is 25.4. The molecular formula is C34H29Br2ClN4O5. The van der Waals surface area contributed by atoms with Crippen molar-refractivity contribution in [1.82, 2.24) is 9.66 Å². The second kappa shape index (κ2) is 14.1. The molecular weight excluding hydrogens is 740 g/mol. The first-order valence-electron chi connectivity index (χ1n) is 14.4. The first kappa shape index (κ1) is 33.3. The normalized spacial score (nSPS) is 11.5. The molecule has 9 nitrogen and oxygen atoms in total. The van der Waals surface area contributed by atoms with Crippen molar-refractivity contribution in [1.29, 1.82) is 0 Å². The number of ether oxygens (including phenoxy) is 2. The van der Waals surface area contributed by atoms with Gasteiger partial charge >= 0.3 is 5.69 Å². The van der Waals surface area contributed by atoms with Gasteiger partial charge in [0.2, 0.25) is 5.75 Å². The number of aromatic nitrogens is 2. The summed E-state index contributed by atoms with van der Waals surface area (Å²) in [6.45, 7) is 8.51. The van der Waals surface area contributed by atoms with Gasteiger partial charge in [0.25, 0.3) is 5.56 Å². The summed E-state index contributed by atoms with van der Waals surface area (Å²) in [7, 11) is 0. The zero-order chi connectivity index (χ0) is 33.1. The summed E-state index contributed by atoms with van der Waals surface area (Å²) >= 11 is 13.3. The summed E-state index contributed by atoms with van der Waals surface area (Å²) in [5.41, 5.74) is 3.23. The predicted molar refractivity (Wildman–Crippen MR) is 189 cm³/mol. The average Bonchev–Trinajstić information content (AvgIpc) is 3.00. The number of benzene rings is 4. The Morgan fingerprint density at radius 1 is 1.09 bits per heavy atom. The number of nitrogens with zero attached hydrogens (tertiary/aromatic N) is 4. The number of nitro benzene ring substituents is 1. The van der Waals surface area contributed by atoms with E-state index in [1.807, 2.05) is 50.2 Å². The highest BCUT2D eigenvalue weighted by atomic mass is 79.9. The lowest BCUT2D eigenvalue weighted by atomic mass is 9.96. The monoisotopic (exact) mass is 766 g/mol. The molecule has 0 aliphatic carbocycles. The Hall–Kier alpha value is -4.06. The summed E-state index contributed by atoms with van der Waals surface area (Å²) in [5.74, 6) is 1.15. The summed E-state index contributed by atoms with van der Waals surface area (Å²) in [4.78, 5) is 30.3. The molecule has 0 saturated carbocycles. The van der Waals surface area contributed by atoms with E-state index in [1.165, 1.54) is 23.0 Å². The zero-order valence-corrected chi connectivity index (χ0v) is 29.3. The standard InChI is InChI=1S/C34H29Br2ClN4O5/c1-5-45-31-12-20(4)27(16-26(31)19(2)3)33-39-29-9-7-6-8-25(29)34(42)40(33)38-17-22-13-24(37)15-30(41(43)44)32(22)46-18-21-10-11-23(35)14-28(21)36/h6-17,19H,5,18H2,1-4H3. The van der Waals surface area contributed by atoms with Crippen molar-refractivity contribution in [2.24, 2.45) is 5.10 Å². The molecule has 0 amide bonds. The van der Waals surface area contributed by atoms with Crippen LogP contribution in [-0.2, 0) is 6.61 Å². The molecule has 0 spiro atoms. The van der Waals surface area contributed by atoms with E-state index < -0.39 is 10.5 Å². The maximum atomic E-state index is 14.0. The number of hydrogen-bond acceptors (Lipinski definition) is 7. The molecule has 12 heteroatoms. The van der Waals surface area contributed by atoms with Gasteiger partial charge in [-0.25, -0.2) is 4.98 Å². The third-order valence-electron chi connectivity index (χ3n) is 7.23. The lowest BCUT2D eigenvalue weighted by Gasteiger charge is -2.18. The van der Waals surface area contributed by atoms with Gasteiger partial charge in [0.1, 0.15) is 12.4 Å². The number of hydrogen-bond donors (Lipinski definition) is 0. The fourth-order valence-corrected chi connectivity index (χ4v) is 6.36. The number of nitro groups is 1. The van der Waals surface area contributed by atoms with Crippen molar-refractivity contribution < 1.29 is 14.4 Å². The molecule has 0 bridgehead atoms. The van der Waals surface area contributed by atoms with Crippen LogP contribution in [0.15, 0.2) is 85.6 Å². The maximum Gasteiger partial charge on any atom is 0.313 e. The SMILES string of the molecule is CCOc1cc(C)c(-c2nc3ccccc3c(=O)n2N=Cc2cc(Cl)cc([N+](=O)[O-])c2OCc2ccc(Br)cc2Br)cc1C(C)C. The minimum Gasteiger partial charge on any atom is -0.494 e. The Morgan fingerprint density at radius 2 is 1.85 bits per heavy atom. The Balaban J connectivity index is 1.69. The molecule has 5 aromatic rings. The van der Waals surface area contributed by atoms with E-state index >= 15 is 0 Å². The van der Waals surface area contributed by atoms with Gasteiger partial charge in [-0.15, -0.1) is 0 Å². The summed E-state index contributed by atoms with van der Waals surface area (Å²) in [5, 5.41) is 17.1. The lowest BCUT2D eigenvalue weighted by molar-refractivity contribution is -0.385. The van der Waals surface area contributed by atoms with Crippen LogP contribution in [0, 0.1) is 17.0 Å². The molecule has 0 saturated heterocycles. The Labute approximate surface area is 287 Å². The van der Waals surface area contributed by atoms with E-state index in [2.05, 4.69) is 50.8 Å². The number of rotatable bonds is 10. The molecule has 5 rings (SSSR count). The molecule has 0 radical (unpaired) electrons. The summed E-state index contributed by atoms with van der Waals surface area (Å²) in [6.07, 6.45) is 1.33. The molecule has 0 aliphatic rings. The molecule has 236 valence electrons. The molecule has 1 aromatic heterocycles. The average molecular weight is 769 g/mol. The van der Waals surface area contributed by atoms with Crippen LogP contribution in [0.5, 0.6) is 11.5 Å². The van der Waals surface area contributed by atoms with Crippen LogP contribution in [0.2, 0.25) is 5.02 Å². The molecule has 0 N–H and O–H groups in total. The quantitative estimate of drug-likeness (QED) is 0.0796. The molecule has 0 unspecified atom stereocenters. The first-order valence-corrected chi connectivity index (χ1v) is 16.3. The van der Waals surface area contributed by atoms with Gasteiger partial charge < -0.3 is 9.47 Å². The molecule has 46 heavy (non-hydrogen) atoms. The van der Waals surface area contributed by atoms with Gasteiger partial charge in [-0.2, -0.15) is 9.78 Å². The minimum absolute atomic E-state index is 0.0171. The molecule has 0 aliphatic heterocycles. The van der Waals surface area contributed by atoms with Gasteiger partial charge in [0.05, 0.1) is 28.6 Å². The van der Waals surface area contributed by atoms with Crippen molar-refractivity contribution in [3.8, 4) is 22.9 Å². The third-order valence-corrected chi connectivity index (χ3v) is 8.68. The Bertz CT molecular complexity index is 2060. The molecule has 0 fully saturated rings. The van der Waals surface area contributed by atoms with Crippen molar-refractivity contribution >= 4 is 66.3 Å². The van der Waals surface area contributed by atoms with Crippen LogP contribution in [0.1, 0.15) is 48.9 Å². The molecule has 1 heterocycles. The van der Waals surface area contributed by atoms with Crippen LogP contribution < -0.4 is 15.0 Å². The van der Waals surface area contributed by atoms with Crippen LogP contribution in [0.3, 0.4) is 0 Å². The second-order valence-electron chi connectivity index (χ2n) is 10.7. The van der Waals surface area contributed by atoms with Gasteiger partial charge in [0.15, 0.2) is 5.82 Å². The van der Waals surface area contributed by atoms with Crippen LogP contribution in [0.25, 0.3) is 22.3 Å². The number of fused-ring (bicyclic) bond motifs is 1. The van der Waals surface area contributed by atoms with Crippen molar-refractivity contribution in [3.63, 3.8) is 0 Å². The highest BCUT2D eigenvalue weighted by molar-refractivity contribution is 9.11. The second-order valence-corrected chi connectivity index (χ2v) is 12.9. The number of para-hydroxylation sites is 1. The largest absolute Gasteiger partial charge is 0.494 e. The third kappa shape index (κ3) is 7.01. The van der Waals surface area contributed by atoms with Gasteiger partial charge in [-0.05, 0) is 73.4 Å². The summed E-state index contributed by atoms with van der Waals surface area (Å²) in [6, 6.07) is 19.2. The fraction of sp³-hybridized carbons (Fsp3) is 0.206. The van der Waals surface area contributed by atoms with E-state index in [9.17, 15) is 14.9 Å². The predicted octanol–water partition coefficient (Wildman–Crippen LogP) is 9.44. The van der Waals surface area contributed by atoms with E-state index in [1.54, 1.807) is 18.2 Å². The molecule has 4 aromatic carbocycles. The van der Waals surface area contributed by atoms with Crippen LogP contribution in [0.4, 0.5) is 5.69 Å². The van der Waals surface area contributed by atoms with Crippen molar-refractivity contribution in [2.45, 2.75) is 40.2 Å². The van der Waals surface area contributed by atoms with Gasteiger partial charge in [0, 0.05) is 36.7 Å². The number of aryl methyl sites for hydroxylation is 1. The lowest BCUT2D eigenvalue weighted by Crippen LogP contribution is -2.21. The minimum atomic E-state index is -0.568. The first-order chi connectivity index (χ1) is 22.0. The van der Waals surface area contributed by atoms with Gasteiger partial charge in [-0.3, -0.25) is 14.9 Å². The highest BCUT2D eigenvalue weighted by Gasteiger charge is 2.22. The smallest absolute Gasteiger partial charge is 0.313 e. The Kier molecular flexibility index (Phi) is 10.2. The topological polar surface area (TPSA) is 109 Å². The Morgan fingerprint density at radius 3 is 2.54 bits per heavy atom. The van der Waals surface area contributed by atoms with Crippen molar-refractivity contribution in [3.05, 3.63) is 123 Å². The number of halogens is 3. The van der Waals surface area contributed by atoms with E-state index in [0.29, 0.717) is 28.9 Å². The summed E-state index contributed by atoms with van der Waals surface area (Å²) < 4.78 is 14.8. The molecule has 0 atom stereocenters. The van der Waals surface area contributed by atoms with Crippen LogP contribution in [-0.4, -0.2) is 27.4 Å². The van der Waals surface area contributed by atoms with E-state index in [0.717, 1.165) is 31.4 Å². The van der Waals surface area contributed by atoms with Gasteiger partial charge in [-0.1, -0.05) is 75.5 Å². The maximum absolute atomic E-state index is 14.0. The van der Waals surface area contributed by atoms with E-state index in [-0.39, 0.29) is 34.5 Å².